The normalized spacial score (nSPS) is 35.1. The third-order valence-electron chi connectivity index (χ3n) is 3.37. The number of hydrogen-bond acceptors (Lipinski definition) is 2. The molecule has 3 heteroatoms. The predicted octanol–water partition coefficient (Wildman–Crippen LogP) is 1.61. The second kappa shape index (κ2) is 3.05. The van der Waals surface area contributed by atoms with E-state index in [2.05, 4.69) is 50.8 Å². The monoisotopic (exact) mass is 252 g/mol. The topological polar surface area (TPSA) is 24.1 Å². The summed E-state index contributed by atoms with van der Waals surface area (Å²) >= 11 is 3.47. The van der Waals surface area contributed by atoms with Crippen LogP contribution in [0.1, 0.15) is 12.0 Å². The quantitative estimate of drug-likeness (QED) is 0.794. The largest absolute Gasteiger partial charge is 0.310 e. The Morgan fingerprint density at radius 1 is 1.29 bits per heavy atom. The smallest absolute Gasteiger partial charge is 0.0577 e. The van der Waals surface area contributed by atoms with E-state index in [1.54, 1.807) is 0 Å². The third kappa shape index (κ3) is 1.23. The van der Waals surface area contributed by atoms with E-state index < -0.39 is 0 Å². The molecule has 0 amide bonds. The molecule has 14 heavy (non-hydrogen) atoms. The zero-order chi connectivity index (χ0) is 9.60. The maximum atomic E-state index is 3.63. The Morgan fingerprint density at radius 2 is 2.07 bits per heavy atom. The molecule has 2 bridgehead atoms. The Kier molecular flexibility index (Phi) is 1.94. The van der Waals surface area contributed by atoms with Crippen molar-refractivity contribution in [1.29, 1.82) is 0 Å². The van der Waals surface area contributed by atoms with Crippen molar-refractivity contribution < 1.29 is 0 Å². The van der Waals surface area contributed by atoms with Crippen LogP contribution in [-0.4, -0.2) is 19.1 Å². The van der Waals surface area contributed by atoms with E-state index in [0.717, 1.165) is 17.6 Å². The minimum atomic E-state index is 0.214. The Labute approximate surface area is 92.2 Å². The number of benzene rings is 1. The summed E-state index contributed by atoms with van der Waals surface area (Å²) in [5.41, 5.74) is 1.62. The fourth-order valence-electron chi connectivity index (χ4n) is 2.57. The van der Waals surface area contributed by atoms with Gasteiger partial charge in [0.05, 0.1) is 5.54 Å². The van der Waals surface area contributed by atoms with Gasteiger partial charge in [-0.1, -0.05) is 28.1 Å². The van der Waals surface area contributed by atoms with Gasteiger partial charge in [0.2, 0.25) is 0 Å². The van der Waals surface area contributed by atoms with Crippen LogP contribution in [0.3, 0.4) is 0 Å². The van der Waals surface area contributed by atoms with Crippen LogP contribution in [-0.2, 0) is 5.54 Å². The van der Waals surface area contributed by atoms with E-state index >= 15 is 0 Å². The molecule has 2 atom stereocenters. The van der Waals surface area contributed by atoms with Crippen molar-refractivity contribution in [2.24, 2.45) is 0 Å². The lowest BCUT2D eigenvalue weighted by atomic mass is 9.90. The minimum absolute atomic E-state index is 0.214. The standard InChI is InChI=1S/C11H13BrN2/c12-9-3-1-8(2-4-9)11-5-10(6-14-11)13-7-11/h1-4,10,13-14H,5-7H2. The Hall–Kier alpha value is -0.380. The number of nitrogens with one attached hydrogen (secondary N) is 2. The predicted molar refractivity (Wildman–Crippen MR) is 60.2 cm³/mol. The molecule has 0 spiro atoms. The Balaban J connectivity index is 1.98. The van der Waals surface area contributed by atoms with E-state index in [4.69, 9.17) is 0 Å². The summed E-state index contributed by atoms with van der Waals surface area (Å²) in [5.74, 6) is 0. The molecule has 2 N–H and O–H groups in total. The van der Waals surface area contributed by atoms with Crippen LogP contribution in [0, 0.1) is 0 Å². The molecule has 2 nitrogen and oxygen atoms in total. The molecule has 0 radical (unpaired) electrons. The molecule has 1 aromatic carbocycles. The van der Waals surface area contributed by atoms with Crippen molar-refractivity contribution in [2.45, 2.75) is 18.0 Å². The second-order valence-corrected chi connectivity index (χ2v) is 5.17. The van der Waals surface area contributed by atoms with Gasteiger partial charge in [-0.2, -0.15) is 0 Å². The molecule has 74 valence electrons. The van der Waals surface area contributed by atoms with Crippen molar-refractivity contribution in [2.75, 3.05) is 13.1 Å². The molecule has 3 rings (SSSR count). The molecule has 0 saturated carbocycles. The zero-order valence-corrected chi connectivity index (χ0v) is 9.47. The highest BCUT2D eigenvalue weighted by Gasteiger charge is 2.45. The molecule has 2 heterocycles. The molecule has 2 aliphatic rings. The highest BCUT2D eigenvalue weighted by atomic mass is 79.9. The first-order chi connectivity index (χ1) is 6.78. The Morgan fingerprint density at radius 3 is 2.57 bits per heavy atom. The van der Waals surface area contributed by atoms with Gasteiger partial charge in [0.25, 0.3) is 0 Å². The highest BCUT2D eigenvalue weighted by Crippen LogP contribution is 2.35. The van der Waals surface area contributed by atoms with Crippen molar-refractivity contribution in [3.05, 3.63) is 34.3 Å². The minimum Gasteiger partial charge on any atom is -0.310 e. The fraction of sp³-hybridized carbons (Fsp3) is 0.455. The number of rotatable bonds is 1. The van der Waals surface area contributed by atoms with Crippen molar-refractivity contribution in [3.63, 3.8) is 0 Å². The lowest BCUT2D eigenvalue weighted by Gasteiger charge is -2.28. The third-order valence-corrected chi connectivity index (χ3v) is 3.90. The van der Waals surface area contributed by atoms with Crippen LogP contribution in [0.4, 0.5) is 0 Å². The number of piperazine rings is 1. The summed E-state index contributed by atoms with van der Waals surface area (Å²) in [6.07, 6.45) is 1.23. The van der Waals surface area contributed by atoms with Gasteiger partial charge in [-0.3, -0.25) is 0 Å². The SMILES string of the molecule is Brc1ccc(C23CNC(CN2)C3)cc1. The van der Waals surface area contributed by atoms with E-state index in [0.29, 0.717) is 6.04 Å². The van der Waals surface area contributed by atoms with Gasteiger partial charge in [-0.05, 0) is 24.1 Å². The lowest BCUT2D eigenvalue weighted by molar-refractivity contribution is 0.392. The van der Waals surface area contributed by atoms with Crippen molar-refractivity contribution in [3.8, 4) is 0 Å². The zero-order valence-electron chi connectivity index (χ0n) is 7.89. The summed E-state index contributed by atoms with van der Waals surface area (Å²) in [7, 11) is 0. The molecule has 2 saturated heterocycles. The van der Waals surface area contributed by atoms with E-state index in [1.165, 1.54) is 12.0 Å². The summed E-state index contributed by atoms with van der Waals surface area (Å²) in [4.78, 5) is 0. The molecule has 2 fully saturated rings. The molecular formula is C11H13BrN2. The van der Waals surface area contributed by atoms with Gasteiger partial charge in [0.15, 0.2) is 0 Å². The van der Waals surface area contributed by atoms with Gasteiger partial charge in [0.1, 0.15) is 0 Å². The number of hydrogen-bond donors (Lipinski definition) is 2. The maximum Gasteiger partial charge on any atom is 0.0577 e. The first-order valence-corrected chi connectivity index (χ1v) is 5.82. The van der Waals surface area contributed by atoms with Crippen molar-refractivity contribution >= 4 is 15.9 Å². The molecule has 0 aliphatic carbocycles. The van der Waals surface area contributed by atoms with Crippen LogP contribution in [0.15, 0.2) is 28.7 Å². The maximum absolute atomic E-state index is 3.63. The van der Waals surface area contributed by atoms with E-state index in [1.807, 2.05) is 0 Å². The van der Waals surface area contributed by atoms with E-state index in [9.17, 15) is 0 Å². The van der Waals surface area contributed by atoms with Crippen LogP contribution in [0.5, 0.6) is 0 Å². The summed E-state index contributed by atoms with van der Waals surface area (Å²) in [5, 5.41) is 7.16. The van der Waals surface area contributed by atoms with Crippen LogP contribution >= 0.6 is 15.9 Å². The van der Waals surface area contributed by atoms with Crippen LogP contribution in [0.2, 0.25) is 0 Å². The van der Waals surface area contributed by atoms with Gasteiger partial charge >= 0.3 is 0 Å². The summed E-state index contributed by atoms with van der Waals surface area (Å²) < 4.78 is 1.15. The fourth-order valence-corrected chi connectivity index (χ4v) is 2.84. The van der Waals surface area contributed by atoms with Gasteiger partial charge in [0, 0.05) is 23.6 Å². The van der Waals surface area contributed by atoms with Crippen molar-refractivity contribution in [1.82, 2.24) is 10.6 Å². The van der Waals surface area contributed by atoms with Gasteiger partial charge in [-0.25, -0.2) is 0 Å². The first-order valence-electron chi connectivity index (χ1n) is 5.03. The van der Waals surface area contributed by atoms with Gasteiger partial charge in [-0.15, -0.1) is 0 Å². The Bertz CT molecular complexity index is 339. The summed E-state index contributed by atoms with van der Waals surface area (Å²) in [6, 6.07) is 9.35. The number of halogens is 1. The highest BCUT2D eigenvalue weighted by molar-refractivity contribution is 9.10. The molecule has 2 unspecified atom stereocenters. The number of fused-ring (bicyclic) bond motifs is 2. The molecule has 1 aromatic rings. The average molecular weight is 253 g/mol. The molecular weight excluding hydrogens is 240 g/mol. The summed E-state index contributed by atoms with van der Waals surface area (Å²) in [6.45, 7) is 2.18. The first kappa shape index (κ1) is 8.89. The average Bonchev–Trinajstić information content (AvgIpc) is 2.79. The molecule has 2 aliphatic heterocycles. The molecule has 0 aromatic heterocycles. The second-order valence-electron chi connectivity index (χ2n) is 4.25. The lowest BCUT2D eigenvalue weighted by Crippen LogP contribution is -2.47. The van der Waals surface area contributed by atoms with E-state index in [-0.39, 0.29) is 5.54 Å². The van der Waals surface area contributed by atoms with Crippen LogP contribution in [0.25, 0.3) is 0 Å². The van der Waals surface area contributed by atoms with Crippen LogP contribution < -0.4 is 10.6 Å². The van der Waals surface area contributed by atoms with Gasteiger partial charge < -0.3 is 10.6 Å².